The Labute approximate surface area is 121 Å². The molecule has 0 amide bonds. The van der Waals surface area contributed by atoms with E-state index in [-0.39, 0.29) is 6.61 Å². The molecule has 0 radical (unpaired) electrons. The number of nitrogens with zero attached hydrogens (tertiary/aromatic N) is 1. The van der Waals surface area contributed by atoms with Crippen LogP contribution in [-0.4, -0.2) is 42.9 Å². The van der Waals surface area contributed by atoms with E-state index in [2.05, 4.69) is 35.9 Å². The highest BCUT2D eigenvalue weighted by Crippen LogP contribution is 2.14. The second-order valence-corrected chi connectivity index (χ2v) is 5.30. The van der Waals surface area contributed by atoms with Gasteiger partial charge in [-0.2, -0.15) is 0 Å². The zero-order valence-corrected chi connectivity index (χ0v) is 12.1. The summed E-state index contributed by atoms with van der Waals surface area (Å²) in [6.45, 7) is 2.97. The highest BCUT2D eigenvalue weighted by Gasteiger charge is 2.17. The molecule has 1 aliphatic rings. The summed E-state index contributed by atoms with van der Waals surface area (Å²) in [5.41, 5.74) is 2.29. The SMILES string of the molecule is CN(Cc1ccc(C#CCCO)cc1)CC1CCCO1. The van der Waals surface area contributed by atoms with E-state index in [1.807, 2.05) is 12.1 Å². The van der Waals surface area contributed by atoms with Crippen LogP contribution >= 0.6 is 0 Å². The van der Waals surface area contributed by atoms with Crippen LogP contribution in [0.3, 0.4) is 0 Å². The smallest absolute Gasteiger partial charge is 0.0702 e. The Bertz CT molecular complexity index is 452. The molecular weight excluding hydrogens is 250 g/mol. The van der Waals surface area contributed by atoms with Crippen molar-refractivity contribution in [3.05, 3.63) is 35.4 Å². The summed E-state index contributed by atoms with van der Waals surface area (Å²) < 4.78 is 5.65. The van der Waals surface area contributed by atoms with Crippen LogP contribution in [0.15, 0.2) is 24.3 Å². The summed E-state index contributed by atoms with van der Waals surface area (Å²) in [6.07, 6.45) is 3.32. The van der Waals surface area contributed by atoms with Crippen LogP contribution in [-0.2, 0) is 11.3 Å². The fourth-order valence-corrected chi connectivity index (χ4v) is 2.43. The lowest BCUT2D eigenvalue weighted by atomic mass is 10.1. The summed E-state index contributed by atoms with van der Waals surface area (Å²) in [7, 11) is 2.14. The lowest BCUT2D eigenvalue weighted by Crippen LogP contribution is -2.28. The zero-order valence-electron chi connectivity index (χ0n) is 12.1. The van der Waals surface area contributed by atoms with Crippen LogP contribution in [0.5, 0.6) is 0 Å². The van der Waals surface area contributed by atoms with Crippen molar-refractivity contribution in [1.82, 2.24) is 4.90 Å². The third-order valence-electron chi connectivity index (χ3n) is 3.42. The first-order valence-corrected chi connectivity index (χ1v) is 7.27. The lowest BCUT2D eigenvalue weighted by molar-refractivity contribution is 0.0793. The van der Waals surface area contributed by atoms with E-state index in [9.17, 15) is 0 Å². The molecule has 2 rings (SSSR count). The molecule has 0 aromatic heterocycles. The standard InChI is InChI=1S/C17H23NO2/c1-18(14-17-6-4-12-20-17)13-16-9-7-15(8-10-16)5-2-3-11-19/h7-10,17,19H,3-4,6,11-14H2,1H3. The van der Waals surface area contributed by atoms with Crippen molar-refractivity contribution in [3.63, 3.8) is 0 Å². The minimum atomic E-state index is 0.124. The first-order chi connectivity index (χ1) is 9.78. The highest BCUT2D eigenvalue weighted by molar-refractivity contribution is 5.36. The van der Waals surface area contributed by atoms with Crippen molar-refractivity contribution in [3.8, 4) is 11.8 Å². The van der Waals surface area contributed by atoms with Crippen molar-refractivity contribution in [2.75, 3.05) is 26.8 Å². The topological polar surface area (TPSA) is 32.7 Å². The largest absolute Gasteiger partial charge is 0.395 e. The molecule has 1 unspecified atom stereocenters. The van der Waals surface area contributed by atoms with Crippen molar-refractivity contribution in [2.24, 2.45) is 0 Å². The molecule has 1 atom stereocenters. The van der Waals surface area contributed by atoms with Gasteiger partial charge in [0.2, 0.25) is 0 Å². The molecule has 1 N–H and O–H groups in total. The molecule has 1 aromatic rings. The van der Waals surface area contributed by atoms with Crippen LogP contribution in [0.1, 0.15) is 30.4 Å². The molecule has 0 aliphatic carbocycles. The average molecular weight is 273 g/mol. The number of hydrogen-bond donors (Lipinski definition) is 1. The van der Waals surface area contributed by atoms with Gasteiger partial charge in [0.05, 0.1) is 12.7 Å². The second-order valence-electron chi connectivity index (χ2n) is 5.30. The van der Waals surface area contributed by atoms with Crippen molar-refractivity contribution >= 4 is 0 Å². The first-order valence-electron chi connectivity index (χ1n) is 7.27. The van der Waals surface area contributed by atoms with Gasteiger partial charge in [0, 0.05) is 31.7 Å². The van der Waals surface area contributed by atoms with Gasteiger partial charge in [-0.25, -0.2) is 0 Å². The maximum atomic E-state index is 8.69. The Morgan fingerprint density at radius 2 is 2.15 bits per heavy atom. The Kier molecular flexibility index (Phi) is 6.07. The molecule has 3 heteroatoms. The van der Waals surface area contributed by atoms with Crippen LogP contribution in [0.4, 0.5) is 0 Å². The maximum Gasteiger partial charge on any atom is 0.0702 e. The predicted molar refractivity (Wildman–Crippen MR) is 80.3 cm³/mol. The van der Waals surface area contributed by atoms with Crippen molar-refractivity contribution < 1.29 is 9.84 Å². The summed E-state index contributed by atoms with van der Waals surface area (Å²) in [4.78, 5) is 2.31. The third kappa shape index (κ3) is 4.97. The normalized spacial score (nSPS) is 18.1. The lowest BCUT2D eigenvalue weighted by Gasteiger charge is -2.20. The van der Waals surface area contributed by atoms with Gasteiger partial charge in [-0.1, -0.05) is 24.0 Å². The number of aliphatic hydroxyl groups excluding tert-OH is 1. The van der Waals surface area contributed by atoms with Crippen LogP contribution in [0.25, 0.3) is 0 Å². The molecule has 108 valence electrons. The number of hydrogen-bond acceptors (Lipinski definition) is 3. The number of aliphatic hydroxyl groups is 1. The predicted octanol–water partition coefficient (Wildman–Crippen LogP) is 2.03. The van der Waals surface area contributed by atoms with E-state index in [1.54, 1.807) is 0 Å². The van der Waals surface area contributed by atoms with Gasteiger partial charge < -0.3 is 9.84 Å². The van der Waals surface area contributed by atoms with E-state index in [0.717, 1.165) is 25.3 Å². The summed E-state index contributed by atoms with van der Waals surface area (Å²) in [5.74, 6) is 5.97. The van der Waals surface area contributed by atoms with E-state index in [0.29, 0.717) is 12.5 Å². The van der Waals surface area contributed by atoms with Crippen LogP contribution in [0, 0.1) is 11.8 Å². The zero-order chi connectivity index (χ0) is 14.2. The molecule has 1 aliphatic heterocycles. The van der Waals surface area contributed by atoms with Gasteiger partial charge in [0.15, 0.2) is 0 Å². The first kappa shape index (κ1) is 15.1. The maximum absolute atomic E-state index is 8.69. The van der Waals surface area contributed by atoms with Crippen LogP contribution < -0.4 is 0 Å². The molecule has 1 saturated heterocycles. The Morgan fingerprint density at radius 3 is 2.80 bits per heavy atom. The van der Waals surface area contributed by atoms with Crippen molar-refractivity contribution in [1.29, 1.82) is 0 Å². The van der Waals surface area contributed by atoms with Gasteiger partial charge in [0.1, 0.15) is 0 Å². The average Bonchev–Trinajstić information content (AvgIpc) is 2.94. The molecule has 1 heterocycles. The molecule has 1 fully saturated rings. The molecule has 0 bridgehead atoms. The fraction of sp³-hybridized carbons (Fsp3) is 0.529. The molecule has 1 aromatic carbocycles. The Hall–Kier alpha value is -1.34. The highest BCUT2D eigenvalue weighted by atomic mass is 16.5. The van der Waals surface area contributed by atoms with E-state index in [4.69, 9.17) is 9.84 Å². The van der Waals surface area contributed by atoms with E-state index >= 15 is 0 Å². The van der Waals surface area contributed by atoms with Gasteiger partial charge in [-0.05, 0) is 37.6 Å². The van der Waals surface area contributed by atoms with Crippen LogP contribution in [0.2, 0.25) is 0 Å². The molecular formula is C17H23NO2. The number of likely N-dealkylation sites (N-methyl/N-ethyl adjacent to an activating group) is 1. The summed E-state index contributed by atoms with van der Waals surface area (Å²) >= 11 is 0. The number of rotatable bonds is 5. The third-order valence-corrected chi connectivity index (χ3v) is 3.42. The number of benzene rings is 1. The summed E-state index contributed by atoms with van der Waals surface area (Å²) in [6, 6.07) is 8.32. The van der Waals surface area contributed by atoms with E-state index < -0.39 is 0 Å². The quantitative estimate of drug-likeness (QED) is 0.833. The van der Waals surface area contributed by atoms with Gasteiger partial charge in [0.25, 0.3) is 0 Å². The Morgan fingerprint density at radius 1 is 1.35 bits per heavy atom. The molecule has 3 nitrogen and oxygen atoms in total. The van der Waals surface area contributed by atoms with Gasteiger partial charge in [-0.15, -0.1) is 0 Å². The minimum absolute atomic E-state index is 0.124. The molecule has 0 spiro atoms. The number of ether oxygens (including phenoxy) is 1. The van der Waals surface area contributed by atoms with Gasteiger partial charge >= 0.3 is 0 Å². The van der Waals surface area contributed by atoms with Crippen molar-refractivity contribution in [2.45, 2.75) is 31.9 Å². The van der Waals surface area contributed by atoms with E-state index in [1.165, 1.54) is 18.4 Å². The van der Waals surface area contributed by atoms with Gasteiger partial charge in [-0.3, -0.25) is 4.90 Å². The monoisotopic (exact) mass is 273 g/mol. The fourth-order valence-electron chi connectivity index (χ4n) is 2.43. The summed E-state index contributed by atoms with van der Waals surface area (Å²) in [5, 5.41) is 8.69. The molecule has 20 heavy (non-hydrogen) atoms. The molecule has 0 saturated carbocycles. The second kappa shape index (κ2) is 8.06. The minimum Gasteiger partial charge on any atom is -0.395 e. The Balaban J connectivity index is 1.82.